The van der Waals surface area contributed by atoms with Crippen LogP contribution in [0.2, 0.25) is 0 Å². The van der Waals surface area contributed by atoms with Crippen LogP contribution >= 0.6 is 0 Å². The molecule has 1 aromatic heterocycles. The van der Waals surface area contributed by atoms with E-state index in [0.29, 0.717) is 17.4 Å². The van der Waals surface area contributed by atoms with Gasteiger partial charge in [0.2, 0.25) is 9.84 Å². The van der Waals surface area contributed by atoms with Crippen LogP contribution in [-0.4, -0.2) is 26.4 Å². The normalized spacial score (nSPS) is 11.9. The van der Waals surface area contributed by atoms with Crippen molar-refractivity contribution in [3.63, 3.8) is 0 Å². The van der Waals surface area contributed by atoms with Crippen molar-refractivity contribution in [3.8, 4) is 0 Å². The molecule has 0 aliphatic carbocycles. The molecular formula is C22H24N4O2S. The number of aryl methyl sites for hydroxylation is 2. The zero-order valence-electron chi connectivity index (χ0n) is 16.7. The van der Waals surface area contributed by atoms with Crippen LogP contribution in [0.1, 0.15) is 16.7 Å². The Kier molecular flexibility index (Phi) is 6.29. The van der Waals surface area contributed by atoms with E-state index < -0.39 is 9.84 Å². The lowest BCUT2D eigenvalue weighted by atomic mass is 10.2. The van der Waals surface area contributed by atoms with Gasteiger partial charge in [0.05, 0.1) is 9.79 Å². The molecule has 0 saturated carbocycles. The minimum Gasteiger partial charge on any atom is -0.352 e. The molecule has 0 spiro atoms. The molecule has 3 rings (SSSR count). The van der Waals surface area contributed by atoms with E-state index in [4.69, 9.17) is 0 Å². The van der Waals surface area contributed by atoms with Gasteiger partial charge < -0.3 is 10.6 Å². The summed E-state index contributed by atoms with van der Waals surface area (Å²) in [7, 11) is -1.85. The molecule has 0 radical (unpaired) electrons. The van der Waals surface area contributed by atoms with E-state index in [1.807, 2.05) is 44.2 Å². The van der Waals surface area contributed by atoms with Crippen molar-refractivity contribution in [3.05, 3.63) is 83.7 Å². The van der Waals surface area contributed by atoms with Crippen molar-refractivity contribution in [1.82, 2.24) is 10.3 Å². The fraction of sp³-hybridized carbons (Fsp3) is 0.182. The third kappa shape index (κ3) is 5.20. The monoisotopic (exact) mass is 408 g/mol. The second-order valence-corrected chi connectivity index (χ2v) is 8.71. The first-order valence-electron chi connectivity index (χ1n) is 9.18. The number of nitrogens with one attached hydrogen (secondary N) is 2. The first kappa shape index (κ1) is 20.5. The maximum Gasteiger partial charge on any atom is 0.206 e. The van der Waals surface area contributed by atoms with Crippen molar-refractivity contribution in [1.29, 1.82) is 0 Å². The van der Waals surface area contributed by atoms with Gasteiger partial charge in [0.25, 0.3) is 0 Å². The Labute approximate surface area is 171 Å². The Morgan fingerprint density at radius 3 is 2.14 bits per heavy atom. The molecule has 3 aromatic rings. The fourth-order valence-electron chi connectivity index (χ4n) is 2.95. The molecule has 2 aromatic carbocycles. The van der Waals surface area contributed by atoms with Crippen molar-refractivity contribution in [2.24, 2.45) is 4.99 Å². The predicted molar refractivity (Wildman–Crippen MR) is 116 cm³/mol. The average molecular weight is 409 g/mol. The summed E-state index contributed by atoms with van der Waals surface area (Å²) in [6.07, 6.45) is 3.40. The molecule has 150 valence electrons. The molecule has 0 aliphatic heterocycles. The molecule has 0 fully saturated rings. The number of guanidine groups is 1. The molecular weight excluding hydrogens is 384 g/mol. The highest BCUT2D eigenvalue weighted by atomic mass is 32.2. The number of hydrogen-bond donors (Lipinski definition) is 2. The highest BCUT2D eigenvalue weighted by Crippen LogP contribution is 2.23. The summed E-state index contributed by atoms with van der Waals surface area (Å²) in [5, 5.41) is 6.38. The molecule has 1 heterocycles. The fourth-order valence-corrected chi connectivity index (χ4v) is 4.40. The van der Waals surface area contributed by atoms with Crippen LogP contribution in [0.25, 0.3) is 0 Å². The highest BCUT2D eigenvalue weighted by molar-refractivity contribution is 7.91. The summed E-state index contributed by atoms with van der Waals surface area (Å²) >= 11 is 0. The average Bonchev–Trinajstić information content (AvgIpc) is 2.71. The number of anilines is 1. The number of sulfone groups is 1. The van der Waals surface area contributed by atoms with E-state index in [9.17, 15) is 8.42 Å². The molecule has 0 atom stereocenters. The van der Waals surface area contributed by atoms with Crippen LogP contribution in [-0.2, 0) is 16.4 Å². The molecule has 0 aliphatic rings. The third-order valence-corrected chi connectivity index (χ3v) is 6.11. The Balaban J connectivity index is 1.69. The number of aliphatic imine (C=N–C) groups is 1. The lowest BCUT2D eigenvalue weighted by Crippen LogP contribution is -2.30. The van der Waals surface area contributed by atoms with Gasteiger partial charge in [-0.2, -0.15) is 0 Å². The van der Waals surface area contributed by atoms with E-state index >= 15 is 0 Å². The zero-order valence-corrected chi connectivity index (χ0v) is 17.5. The van der Waals surface area contributed by atoms with Crippen molar-refractivity contribution < 1.29 is 8.42 Å². The Bertz CT molecular complexity index is 1090. The van der Waals surface area contributed by atoms with Gasteiger partial charge in [-0.05, 0) is 66.9 Å². The quantitative estimate of drug-likeness (QED) is 0.497. The number of pyridine rings is 1. The highest BCUT2D eigenvalue weighted by Gasteiger charge is 2.18. The van der Waals surface area contributed by atoms with Crippen LogP contribution in [0.3, 0.4) is 0 Å². The van der Waals surface area contributed by atoms with Gasteiger partial charge in [0.1, 0.15) is 0 Å². The van der Waals surface area contributed by atoms with Gasteiger partial charge in [0, 0.05) is 31.7 Å². The summed E-state index contributed by atoms with van der Waals surface area (Å²) in [6, 6.07) is 16.0. The Morgan fingerprint density at radius 1 is 0.931 bits per heavy atom. The molecule has 0 saturated heterocycles. The first-order valence-corrected chi connectivity index (χ1v) is 10.7. The molecule has 29 heavy (non-hydrogen) atoms. The maximum absolute atomic E-state index is 12.9. The number of aromatic nitrogens is 1. The van der Waals surface area contributed by atoms with Gasteiger partial charge in [-0.1, -0.05) is 18.2 Å². The van der Waals surface area contributed by atoms with Gasteiger partial charge in [-0.3, -0.25) is 9.98 Å². The van der Waals surface area contributed by atoms with Gasteiger partial charge in [-0.15, -0.1) is 0 Å². The third-order valence-electron chi connectivity index (χ3n) is 4.37. The lowest BCUT2D eigenvalue weighted by molar-refractivity contribution is 0.596. The summed E-state index contributed by atoms with van der Waals surface area (Å²) < 4.78 is 25.8. The second-order valence-electron chi connectivity index (χ2n) is 6.76. The SMILES string of the molecule is CN=C(NCc1ccc(S(=O)(=O)c2cc(C)cc(C)c2)cc1)Nc1ccncc1. The van der Waals surface area contributed by atoms with Crippen LogP contribution in [0, 0.1) is 13.8 Å². The summed E-state index contributed by atoms with van der Waals surface area (Å²) in [4.78, 5) is 8.78. The van der Waals surface area contributed by atoms with Gasteiger partial charge in [-0.25, -0.2) is 8.42 Å². The van der Waals surface area contributed by atoms with Crippen molar-refractivity contribution in [2.75, 3.05) is 12.4 Å². The number of hydrogen-bond acceptors (Lipinski definition) is 4. The smallest absolute Gasteiger partial charge is 0.206 e. The topological polar surface area (TPSA) is 83.5 Å². The molecule has 0 amide bonds. The summed E-state index contributed by atoms with van der Waals surface area (Å²) in [6.45, 7) is 4.30. The van der Waals surface area contributed by atoms with Crippen molar-refractivity contribution >= 4 is 21.5 Å². The van der Waals surface area contributed by atoms with E-state index in [1.54, 1.807) is 43.7 Å². The van der Waals surface area contributed by atoms with Crippen LogP contribution < -0.4 is 10.6 Å². The summed E-state index contributed by atoms with van der Waals surface area (Å²) in [5.41, 5.74) is 3.68. The number of nitrogens with zero attached hydrogens (tertiary/aromatic N) is 2. The van der Waals surface area contributed by atoms with Crippen molar-refractivity contribution in [2.45, 2.75) is 30.2 Å². The van der Waals surface area contributed by atoms with E-state index in [1.165, 1.54) is 0 Å². The van der Waals surface area contributed by atoms with Gasteiger partial charge >= 0.3 is 0 Å². The molecule has 0 unspecified atom stereocenters. The molecule has 7 heteroatoms. The van der Waals surface area contributed by atoms with E-state index in [0.717, 1.165) is 22.4 Å². The molecule has 2 N–H and O–H groups in total. The maximum atomic E-state index is 12.9. The Morgan fingerprint density at radius 2 is 1.55 bits per heavy atom. The number of benzene rings is 2. The number of rotatable bonds is 5. The van der Waals surface area contributed by atoms with Gasteiger partial charge in [0.15, 0.2) is 5.96 Å². The Hall–Kier alpha value is -3.19. The lowest BCUT2D eigenvalue weighted by Gasteiger charge is -2.12. The minimum absolute atomic E-state index is 0.283. The second kappa shape index (κ2) is 8.87. The first-order chi connectivity index (χ1) is 13.9. The van der Waals surface area contributed by atoms with Crippen LogP contribution in [0.4, 0.5) is 5.69 Å². The predicted octanol–water partition coefficient (Wildman–Crippen LogP) is 3.72. The zero-order chi connectivity index (χ0) is 20.9. The summed E-state index contributed by atoms with van der Waals surface area (Å²) in [5.74, 6) is 0.614. The van der Waals surface area contributed by atoms with E-state index in [-0.39, 0.29) is 4.90 Å². The van der Waals surface area contributed by atoms with Crippen LogP contribution in [0.15, 0.2) is 81.8 Å². The molecule has 0 bridgehead atoms. The minimum atomic E-state index is -3.54. The standard InChI is InChI=1S/C22H24N4O2S/c1-16-12-17(2)14-21(13-16)29(27,28)20-6-4-18(5-7-20)15-25-22(23-3)26-19-8-10-24-11-9-19/h4-14H,15H2,1-3H3,(H2,23,24,25,26). The molecule has 6 nitrogen and oxygen atoms in total. The van der Waals surface area contributed by atoms with Crippen LogP contribution in [0.5, 0.6) is 0 Å². The largest absolute Gasteiger partial charge is 0.352 e. The van der Waals surface area contributed by atoms with E-state index in [2.05, 4.69) is 20.6 Å².